The Balaban J connectivity index is 1.78. The summed E-state index contributed by atoms with van der Waals surface area (Å²) in [6.07, 6.45) is 0. The summed E-state index contributed by atoms with van der Waals surface area (Å²) in [7, 11) is -3.35. The van der Waals surface area contributed by atoms with Gasteiger partial charge >= 0.3 is 7.52 Å². The molecule has 3 aromatic rings. The summed E-state index contributed by atoms with van der Waals surface area (Å²) in [4.78, 5) is 0. The van der Waals surface area contributed by atoms with E-state index >= 15 is 0 Å². The van der Waals surface area contributed by atoms with Crippen LogP contribution in [0.1, 0.15) is 33.3 Å². The van der Waals surface area contributed by atoms with E-state index in [2.05, 4.69) is 5.09 Å². The summed E-state index contributed by atoms with van der Waals surface area (Å²) in [6.45, 7) is 7.90. The molecule has 0 amide bonds. The van der Waals surface area contributed by atoms with Gasteiger partial charge in [-0.15, -0.1) is 0 Å². The van der Waals surface area contributed by atoms with Crippen LogP contribution in [0, 0.1) is 0 Å². The minimum atomic E-state index is -3.35. The van der Waals surface area contributed by atoms with Crippen LogP contribution in [-0.2, 0) is 15.9 Å². The molecule has 0 saturated carbocycles. The van der Waals surface area contributed by atoms with E-state index in [1.165, 1.54) is 0 Å². The third-order valence-electron chi connectivity index (χ3n) is 4.80. The second kappa shape index (κ2) is 9.30. The van der Waals surface area contributed by atoms with Crippen molar-refractivity contribution in [2.45, 2.75) is 45.5 Å². The quantitative estimate of drug-likeness (QED) is 0.325. The number of fused-ring (bicyclic) bond motifs is 1. The molecular formula is C24H28NO3PS. The Bertz CT molecular complexity index is 1060. The predicted molar refractivity (Wildman–Crippen MR) is 128 cm³/mol. The molecule has 2 atom stereocenters. The van der Waals surface area contributed by atoms with Gasteiger partial charge in [-0.3, -0.25) is 4.57 Å². The van der Waals surface area contributed by atoms with Crippen LogP contribution in [0.15, 0.2) is 72.8 Å². The first-order valence-electron chi connectivity index (χ1n) is 9.95. The lowest BCUT2D eigenvalue weighted by atomic mass is 10.1. The Kier molecular flexibility index (Phi) is 6.97. The molecule has 3 rings (SSSR count). The second-order valence-corrected chi connectivity index (χ2v) is 11.5. The zero-order valence-corrected chi connectivity index (χ0v) is 19.5. The fraction of sp³-hybridized carbons (Fsp3) is 0.292. The van der Waals surface area contributed by atoms with E-state index in [4.69, 9.17) is 21.5 Å². The van der Waals surface area contributed by atoms with Gasteiger partial charge in [-0.25, -0.2) is 5.09 Å². The van der Waals surface area contributed by atoms with E-state index in [1.54, 1.807) is 0 Å². The third-order valence-corrected chi connectivity index (χ3v) is 8.22. The van der Waals surface area contributed by atoms with Crippen molar-refractivity contribution in [3.05, 3.63) is 78.4 Å². The summed E-state index contributed by atoms with van der Waals surface area (Å²) in [6, 6.07) is 23.0. The van der Waals surface area contributed by atoms with Gasteiger partial charge in [0.15, 0.2) is 5.05 Å². The molecule has 1 unspecified atom stereocenters. The van der Waals surface area contributed by atoms with Crippen molar-refractivity contribution in [1.82, 2.24) is 5.09 Å². The van der Waals surface area contributed by atoms with Gasteiger partial charge in [0.05, 0.1) is 11.2 Å². The van der Waals surface area contributed by atoms with Crippen LogP contribution in [0.25, 0.3) is 10.8 Å². The largest absolute Gasteiger partial charge is 0.481 e. The van der Waals surface area contributed by atoms with Gasteiger partial charge < -0.3 is 9.26 Å². The van der Waals surface area contributed by atoms with E-state index in [0.29, 0.717) is 17.4 Å². The molecule has 0 heterocycles. The molecule has 0 spiro atoms. The molecule has 30 heavy (non-hydrogen) atoms. The number of ether oxygens (including phenoxy) is 1. The molecule has 0 aliphatic rings. The summed E-state index contributed by atoms with van der Waals surface area (Å²) in [5.74, 6) is 0.585. The van der Waals surface area contributed by atoms with Crippen LogP contribution in [0.5, 0.6) is 5.75 Å². The van der Waals surface area contributed by atoms with Gasteiger partial charge in [-0.1, -0.05) is 66.7 Å². The van der Waals surface area contributed by atoms with Crippen molar-refractivity contribution >= 4 is 35.6 Å². The van der Waals surface area contributed by atoms with Crippen molar-refractivity contribution in [2.24, 2.45) is 0 Å². The average molecular weight is 442 g/mol. The smallest absolute Gasteiger partial charge is 0.322 e. The van der Waals surface area contributed by atoms with Gasteiger partial charge in [0.2, 0.25) is 0 Å². The van der Waals surface area contributed by atoms with Crippen molar-refractivity contribution in [3.8, 4) is 5.75 Å². The van der Waals surface area contributed by atoms with Gasteiger partial charge in [0.25, 0.3) is 0 Å². The highest BCUT2D eigenvalue weighted by atomic mass is 32.1. The molecule has 3 aromatic carbocycles. The number of hydrogen-bond acceptors (Lipinski definition) is 4. The Morgan fingerprint density at radius 2 is 1.63 bits per heavy atom. The molecular weight excluding hydrogens is 413 g/mol. The van der Waals surface area contributed by atoms with E-state index in [1.807, 2.05) is 100 Å². The first-order chi connectivity index (χ1) is 14.2. The van der Waals surface area contributed by atoms with Crippen LogP contribution in [0.2, 0.25) is 0 Å². The van der Waals surface area contributed by atoms with Gasteiger partial charge in [0, 0.05) is 5.39 Å². The Morgan fingerprint density at radius 1 is 1.00 bits per heavy atom. The number of hydrogen-bond donors (Lipinski definition) is 1. The maximum atomic E-state index is 14.0. The SMILES string of the molecule is C[C@H](NP(=O)(Oc1cccc2ccccc12)C(C)(C)C)C(=S)OCc1ccccc1. The fourth-order valence-corrected chi connectivity index (χ4v) is 4.91. The van der Waals surface area contributed by atoms with Gasteiger partial charge in [-0.2, -0.15) is 0 Å². The first-order valence-corrected chi connectivity index (χ1v) is 12.0. The normalized spacial score (nSPS) is 14.7. The highest BCUT2D eigenvalue weighted by Gasteiger charge is 2.41. The predicted octanol–water partition coefficient (Wildman–Crippen LogP) is 6.73. The molecule has 0 aliphatic heterocycles. The molecule has 0 fully saturated rings. The average Bonchev–Trinajstić information content (AvgIpc) is 2.72. The highest BCUT2D eigenvalue weighted by Crippen LogP contribution is 2.56. The van der Waals surface area contributed by atoms with Crippen LogP contribution in [0.4, 0.5) is 0 Å². The van der Waals surface area contributed by atoms with Crippen LogP contribution >= 0.6 is 19.7 Å². The van der Waals surface area contributed by atoms with Crippen molar-refractivity contribution in [3.63, 3.8) is 0 Å². The minimum Gasteiger partial charge on any atom is -0.481 e. The standard InChI is InChI=1S/C24H28NO3PS/c1-18(23(30)27-17-19-11-6-5-7-12-19)25-29(26,24(2,3)4)28-22-16-10-14-20-13-8-9-15-21(20)22/h5-16,18H,17H2,1-4H3,(H,25,26)/t18-,29?/m0/s1. The lowest BCUT2D eigenvalue weighted by molar-refractivity contribution is 0.286. The second-order valence-electron chi connectivity index (χ2n) is 8.23. The van der Waals surface area contributed by atoms with Crippen LogP contribution in [0.3, 0.4) is 0 Å². The molecule has 0 bridgehead atoms. The van der Waals surface area contributed by atoms with E-state index in [0.717, 1.165) is 16.3 Å². The van der Waals surface area contributed by atoms with E-state index in [-0.39, 0.29) is 0 Å². The third kappa shape index (κ3) is 5.28. The number of benzene rings is 3. The monoisotopic (exact) mass is 441 g/mol. The summed E-state index contributed by atoms with van der Waals surface area (Å²) in [5, 5.41) is 4.81. The fourth-order valence-electron chi connectivity index (χ4n) is 2.93. The molecule has 6 heteroatoms. The van der Waals surface area contributed by atoms with Crippen LogP contribution < -0.4 is 9.61 Å². The van der Waals surface area contributed by atoms with E-state index < -0.39 is 18.7 Å². The summed E-state index contributed by atoms with van der Waals surface area (Å²) >= 11 is 5.45. The summed E-state index contributed by atoms with van der Waals surface area (Å²) < 4.78 is 25.9. The Hall–Kier alpha value is -2.20. The molecule has 1 N–H and O–H groups in total. The van der Waals surface area contributed by atoms with Crippen molar-refractivity contribution in [2.75, 3.05) is 0 Å². The lowest BCUT2D eigenvalue weighted by Crippen LogP contribution is -2.38. The molecule has 0 saturated heterocycles. The number of rotatable bonds is 7. The Labute approximate surface area is 184 Å². The maximum Gasteiger partial charge on any atom is 0.322 e. The zero-order valence-electron chi connectivity index (χ0n) is 17.8. The van der Waals surface area contributed by atoms with E-state index in [9.17, 15) is 4.57 Å². The number of nitrogens with one attached hydrogen (secondary N) is 1. The first kappa shape index (κ1) is 22.5. The molecule has 0 aliphatic carbocycles. The number of thiocarbonyl (C=S) groups is 1. The maximum absolute atomic E-state index is 14.0. The van der Waals surface area contributed by atoms with Crippen molar-refractivity contribution < 1.29 is 13.8 Å². The minimum absolute atomic E-state index is 0.352. The molecule has 158 valence electrons. The molecule has 0 aromatic heterocycles. The Morgan fingerprint density at radius 3 is 2.33 bits per heavy atom. The molecule has 0 radical (unpaired) electrons. The molecule has 4 nitrogen and oxygen atoms in total. The lowest BCUT2D eigenvalue weighted by Gasteiger charge is -2.33. The summed E-state index contributed by atoms with van der Waals surface area (Å²) in [5.41, 5.74) is 1.03. The topological polar surface area (TPSA) is 47.6 Å². The van der Waals surface area contributed by atoms with Crippen molar-refractivity contribution in [1.29, 1.82) is 0 Å². The van der Waals surface area contributed by atoms with Gasteiger partial charge in [-0.05, 0) is 56.9 Å². The van der Waals surface area contributed by atoms with Crippen LogP contribution in [-0.4, -0.2) is 16.2 Å². The highest BCUT2D eigenvalue weighted by molar-refractivity contribution is 7.80. The van der Waals surface area contributed by atoms with Gasteiger partial charge in [0.1, 0.15) is 12.4 Å². The zero-order chi connectivity index (χ0) is 21.8.